The highest BCUT2D eigenvalue weighted by atomic mass is 32.1. The van der Waals surface area contributed by atoms with Gasteiger partial charge in [0, 0.05) is 37.1 Å². The van der Waals surface area contributed by atoms with E-state index in [0.717, 1.165) is 29.8 Å². The number of nitrogens with one attached hydrogen (secondary N) is 1. The molecule has 1 saturated heterocycles. The fourth-order valence-corrected chi connectivity index (χ4v) is 4.29. The lowest BCUT2D eigenvalue weighted by Gasteiger charge is -2.35. The van der Waals surface area contributed by atoms with Crippen molar-refractivity contribution in [3.05, 3.63) is 29.6 Å². The number of carbonyl (C=O) groups is 2. The molecule has 0 saturated carbocycles. The Kier molecular flexibility index (Phi) is 7.09. The van der Waals surface area contributed by atoms with E-state index in [2.05, 4.69) is 10.3 Å². The summed E-state index contributed by atoms with van der Waals surface area (Å²) in [4.78, 5) is 33.5. The number of likely N-dealkylation sites (tertiary alicyclic amines) is 1. The quantitative estimate of drug-likeness (QED) is 0.774. The summed E-state index contributed by atoms with van der Waals surface area (Å²) in [6.07, 6.45) is 1.61. The number of para-hydroxylation sites is 1. The molecule has 1 fully saturated rings. The van der Waals surface area contributed by atoms with Crippen LogP contribution in [-0.2, 0) is 4.79 Å². The minimum Gasteiger partial charge on any atom is -0.496 e. The highest BCUT2D eigenvalue weighted by Gasteiger charge is 2.30. The maximum Gasteiger partial charge on any atom is 0.320 e. The molecule has 1 aliphatic rings. The van der Waals surface area contributed by atoms with Crippen LogP contribution in [0.2, 0.25) is 0 Å². The van der Waals surface area contributed by atoms with Gasteiger partial charge in [0.25, 0.3) is 0 Å². The minimum absolute atomic E-state index is 0.0141. The smallest absolute Gasteiger partial charge is 0.320 e. The van der Waals surface area contributed by atoms with Crippen LogP contribution in [0, 0.1) is 5.92 Å². The Morgan fingerprint density at radius 1 is 1.31 bits per heavy atom. The van der Waals surface area contributed by atoms with E-state index in [1.165, 1.54) is 11.3 Å². The van der Waals surface area contributed by atoms with Gasteiger partial charge in [0.1, 0.15) is 5.75 Å². The van der Waals surface area contributed by atoms with Crippen LogP contribution < -0.4 is 10.1 Å². The lowest BCUT2D eigenvalue weighted by molar-refractivity contribution is -0.121. The molecule has 156 valence electrons. The highest BCUT2D eigenvalue weighted by Crippen LogP contribution is 2.32. The number of hydrogen-bond donors (Lipinski definition) is 1. The lowest BCUT2D eigenvalue weighted by Crippen LogP contribution is -2.49. The molecule has 8 heteroatoms. The second-order valence-corrected chi connectivity index (χ2v) is 7.83. The number of amides is 3. The second kappa shape index (κ2) is 9.73. The van der Waals surface area contributed by atoms with Gasteiger partial charge in [0.05, 0.1) is 18.7 Å². The third-order valence-corrected chi connectivity index (χ3v) is 5.97. The van der Waals surface area contributed by atoms with E-state index in [0.29, 0.717) is 31.3 Å². The van der Waals surface area contributed by atoms with Crippen molar-refractivity contribution in [2.45, 2.75) is 26.7 Å². The van der Waals surface area contributed by atoms with Crippen LogP contribution >= 0.6 is 11.3 Å². The first-order chi connectivity index (χ1) is 14.1. The van der Waals surface area contributed by atoms with Crippen molar-refractivity contribution in [2.24, 2.45) is 5.92 Å². The molecule has 1 aromatic carbocycles. The number of methoxy groups -OCH3 is 1. The van der Waals surface area contributed by atoms with Gasteiger partial charge >= 0.3 is 6.03 Å². The zero-order valence-corrected chi connectivity index (χ0v) is 18.0. The number of ether oxygens (including phenoxy) is 1. The first kappa shape index (κ1) is 21.1. The predicted molar refractivity (Wildman–Crippen MR) is 115 cm³/mol. The number of piperidine rings is 1. The van der Waals surface area contributed by atoms with E-state index in [9.17, 15) is 9.59 Å². The molecular formula is C21H28N4O3S. The topological polar surface area (TPSA) is 74.8 Å². The van der Waals surface area contributed by atoms with Crippen LogP contribution in [0.3, 0.4) is 0 Å². The SMILES string of the molecule is CCN(CC)C(=O)N1CCC[C@@H](C(=O)Nc2nc(-c3ccccc3OC)cs2)C1. The largest absolute Gasteiger partial charge is 0.496 e. The maximum atomic E-state index is 12.8. The normalized spacial score (nSPS) is 16.4. The third-order valence-electron chi connectivity index (χ3n) is 5.21. The molecular weight excluding hydrogens is 388 g/mol. The molecule has 1 aliphatic heterocycles. The molecule has 0 bridgehead atoms. The molecule has 7 nitrogen and oxygen atoms in total. The number of anilines is 1. The Hall–Kier alpha value is -2.61. The summed E-state index contributed by atoms with van der Waals surface area (Å²) < 4.78 is 5.39. The molecule has 1 atom stereocenters. The van der Waals surface area contributed by atoms with Crippen molar-refractivity contribution in [3.8, 4) is 17.0 Å². The molecule has 2 heterocycles. The van der Waals surface area contributed by atoms with Gasteiger partial charge in [-0.05, 0) is 38.8 Å². The van der Waals surface area contributed by atoms with Crippen LogP contribution in [0.4, 0.5) is 9.93 Å². The number of benzene rings is 1. The summed E-state index contributed by atoms with van der Waals surface area (Å²) in [5.74, 6) is 0.443. The number of rotatable bonds is 6. The summed E-state index contributed by atoms with van der Waals surface area (Å²) in [6, 6.07) is 7.68. The number of urea groups is 1. The zero-order chi connectivity index (χ0) is 20.8. The monoisotopic (exact) mass is 416 g/mol. The van der Waals surface area contributed by atoms with E-state index in [4.69, 9.17) is 4.74 Å². The second-order valence-electron chi connectivity index (χ2n) is 6.97. The van der Waals surface area contributed by atoms with Crippen molar-refractivity contribution in [1.29, 1.82) is 0 Å². The highest BCUT2D eigenvalue weighted by molar-refractivity contribution is 7.14. The fraction of sp³-hybridized carbons (Fsp3) is 0.476. The van der Waals surface area contributed by atoms with Gasteiger partial charge in [-0.3, -0.25) is 4.79 Å². The van der Waals surface area contributed by atoms with Gasteiger partial charge in [0.15, 0.2) is 5.13 Å². The first-order valence-corrected chi connectivity index (χ1v) is 10.9. The average Bonchev–Trinajstić information content (AvgIpc) is 3.22. The fourth-order valence-electron chi connectivity index (χ4n) is 3.58. The number of carbonyl (C=O) groups excluding carboxylic acids is 2. The van der Waals surface area contributed by atoms with Gasteiger partial charge in [-0.15, -0.1) is 11.3 Å². The third kappa shape index (κ3) is 4.87. The average molecular weight is 417 g/mol. The van der Waals surface area contributed by atoms with Crippen LogP contribution in [0.25, 0.3) is 11.3 Å². The zero-order valence-electron chi connectivity index (χ0n) is 17.2. The van der Waals surface area contributed by atoms with E-state index in [1.54, 1.807) is 16.9 Å². The molecule has 1 N–H and O–H groups in total. The molecule has 0 radical (unpaired) electrons. The van der Waals surface area contributed by atoms with Gasteiger partial charge in [-0.2, -0.15) is 0 Å². The van der Waals surface area contributed by atoms with Crippen molar-refractivity contribution >= 4 is 28.4 Å². The minimum atomic E-state index is -0.220. The summed E-state index contributed by atoms with van der Waals surface area (Å²) in [5.41, 5.74) is 1.66. The number of aromatic nitrogens is 1. The summed E-state index contributed by atoms with van der Waals surface area (Å²) in [5, 5.41) is 5.40. The molecule has 3 amide bonds. The molecule has 3 rings (SSSR count). The van der Waals surface area contributed by atoms with Gasteiger partial charge in [-0.25, -0.2) is 9.78 Å². The van der Waals surface area contributed by atoms with E-state index in [1.807, 2.05) is 43.5 Å². The Bertz CT molecular complexity index is 850. The Morgan fingerprint density at radius 2 is 2.07 bits per heavy atom. The molecule has 2 aromatic rings. The molecule has 0 aliphatic carbocycles. The van der Waals surface area contributed by atoms with Crippen molar-refractivity contribution in [3.63, 3.8) is 0 Å². The Balaban J connectivity index is 1.65. The van der Waals surface area contributed by atoms with Crippen molar-refractivity contribution in [1.82, 2.24) is 14.8 Å². The Morgan fingerprint density at radius 3 is 2.79 bits per heavy atom. The van der Waals surface area contributed by atoms with Crippen molar-refractivity contribution < 1.29 is 14.3 Å². The number of hydrogen-bond acceptors (Lipinski definition) is 5. The van der Waals surface area contributed by atoms with Gasteiger partial charge in [0.2, 0.25) is 5.91 Å². The maximum absolute atomic E-state index is 12.8. The van der Waals surface area contributed by atoms with Crippen LogP contribution in [0.1, 0.15) is 26.7 Å². The molecule has 29 heavy (non-hydrogen) atoms. The van der Waals surface area contributed by atoms with Crippen LogP contribution in [-0.4, -0.2) is 60.0 Å². The van der Waals surface area contributed by atoms with Gasteiger partial charge in [-0.1, -0.05) is 12.1 Å². The van der Waals surface area contributed by atoms with E-state index in [-0.39, 0.29) is 17.9 Å². The standard InChI is InChI=1S/C21H28N4O3S/c1-4-24(5-2)21(27)25-12-8-9-15(13-25)19(26)23-20-22-17(14-29-20)16-10-6-7-11-18(16)28-3/h6-7,10-11,14-15H,4-5,8-9,12-13H2,1-3H3,(H,22,23,26)/t15-/m1/s1. The van der Waals surface area contributed by atoms with Gasteiger partial charge < -0.3 is 19.9 Å². The first-order valence-electron chi connectivity index (χ1n) is 10.0. The van der Waals surface area contributed by atoms with Crippen molar-refractivity contribution in [2.75, 3.05) is 38.6 Å². The predicted octanol–water partition coefficient (Wildman–Crippen LogP) is 3.93. The molecule has 0 unspecified atom stereocenters. The summed E-state index contributed by atoms with van der Waals surface area (Å²) >= 11 is 1.39. The number of thiazole rings is 1. The van der Waals surface area contributed by atoms with E-state index < -0.39 is 0 Å². The number of nitrogens with zero attached hydrogens (tertiary/aromatic N) is 3. The lowest BCUT2D eigenvalue weighted by atomic mass is 9.97. The molecule has 1 aromatic heterocycles. The summed E-state index contributed by atoms with van der Waals surface area (Å²) in [7, 11) is 1.63. The van der Waals surface area contributed by atoms with Crippen LogP contribution in [0.15, 0.2) is 29.6 Å². The summed E-state index contributed by atoms with van der Waals surface area (Å²) in [6.45, 7) is 6.44. The Labute approximate surface area is 175 Å². The molecule has 0 spiro atoms. The van der Waals surface area contributed by atoms with Crippen LogP contribution in [0.5, 0.6) is 5.75 Å². The van der Waals surface area contributed by atoms with E-state index >= 15 is 0 Å².